The predicted octanol–water partition coefficient (Wildman–Crippen LogP) is 2.48. The Labute approximate surface area is 109 Å². The number of hydrogen-bond donors (Lipinski definition) is 1. The lowest BCUT2D eigenvalue weighted by Crippen LogP contribution is -2.09. The normalized spacial score (nSPS) is 10.5. The summed E-state index contributed by atoms with van der Waals surface area (Å²) in [4.78, 5) is 14.8. The summed E-state index contributed by atoms with van der Waals surface area (Å²) in [6, 6.07) is 6.55. The fourth-order valence-electron chi connectivity index (χ4n) is 1.57. The Kier molecular flexibility index (Phi) is 4.01. The maximum Gasteiger partial charge on any atom is 0.270 e. The van der Waals surface area contributed by atoms with Gasteiger partial charge in [-0.15, -0.1) is 11.3 Å². The Morgan fingerprint density at radius 2 is 2.33 bits per heavy atom. The van der Waals surface area contributed by atoms with Gasteiger partial charge in [0, 0.05) is 36.0 Å². The third-order valence-corrected chi connectivity index (χ3v) is 3.40. The second-order valence-corrected chi connectivity index (χ2v) is 4.73. The second kappa shape index (κ2) is 5.70. The minimum absolute atomic E-state index is 0.0947. The molecular formula is C12H13N3O2S. The molecule has 94 valence electrons. The van der Waals surface area contributed by atoms with Gasteiger partial charge >= 0.3 is 0 Å². The maximum absolute atomic E-state index is 10.7. The van der Waals surface area contributed by atoms with E-state index in [-0.39, 0.29) is 5.69 Å². The Morgan fingerprint density at radius 1 is 1.50 bits per heavy atom. The number of nitro benzene ring substituents is 1. The summed E-state index contributed by atoms with van der Waals surface area (Å²) in [6.07, 6.45) is 0.871. The molecule has 1 heterocycles. The van der Waals surface area contributed by atoms with Crippen molar-refractivity contribution in [3.63, 3.8) is 0 Å². The van der Waals surface area contributed by atoms with Crippen molar-refractivity contribution in [2.24, 2.45) is 0 Å². The molecule has 0 saturated carbocycles. The van der Waals surface area contributed by atoms with Crippen molar-refractivity contribution in [1.29, 1.82) is 0 Å². The average Bonchev–Trinajstić information content (AvgIpc) is 2.85. The number of nitrogens with one attached hydrogen (secondary N) is 1. The van der Waals surface area contributed by atoms with Crippen molar-refractivity contribution in [2.75, 3.05) is 13.6 Å². The van der Waals surface area contributed by atoms with Gasteiger partial charge in [0.25, 0.3) is 5.69 Å². The van der Waals surface area contributed by atoms with Crippen molar-refractivity contribution >= 4 is 17.0 Å². The van der Waals surface area contributed by atoms with Crippen LogP contribution in [0.1, 0.15) is 5.01 Å². The van der Waals surface area contributed by atoms with E-state index < -0.39 is 4.92 Å². The van der Waals surface area contributed by atoms with Crippen LogP contribution in [0.25, 0.3) is 11.3 Å². The van der Waals surface area contributed by atoms with E-state index in [1.807, 2.05) is 18.5 Å². The van der Waals surface area contributed by atoms with Crippen LogP contribution in [0.4, 0.5) is 5.69 Å². The number of benzene rings is 1. The lowest BCUT2D eigenvalue weighted by Gasteiger charge is -1.97. The molecule has 0 saturated heterocycles. The van der Waals surface area contributed by atoms with Gasteiger partial charge in [-0.3, -0.25) is 10.1 Å². The van der Waals surface area contributed by atoms with E-state index in [1.165, 1.54) is 6.07 Å². The average molecular weight is 263 g/mol. The summed E-state index contributed by atoms with van der Waals surface area (Å²) in [5.74, 6) is 0. The molecule has 18 heavy (non-hydrogen) atoms. The standard InChI is InChI=1S/C12H13N3O2S/c1-13-6-5-12-14-11(8-18-12)9-3-2-4-10(7-9)15(16)17/h2-4,7-8,13H,5-6H2,1H3. The first-order chi connectivity index (χ1) is 8.70. The highest BCUT2D eigenvalue weighted by molar-refractivity contribution is 7.09. The number of nitrogens with zero attached hydrogens (tertiary/aromatic N) is 2. The molecule has 0 aliphatic rings. The smallest absolute Gasteiger partial charge is 0.270 e. The van der Waals surface area contributed by atoms with E-state index in [4.69, 9.17) is 0 Å². The zero-order valence-electron chi connectivity index (χ0n) is 9.92. The van der Waals surface area contributed by atoms with Crippen LogP contribution >= 0.6 is 11.3 Å². The minimum atomic E-state index is -0.391. The Balaban J connectivity index is 2.23. The molecule has 1 aromatic heterocycles. The fraction of sp³-hybridized carbons (Fsp3) is 0.250. The number of aromatic nitrogens is 1. The minimum Gasteiger partial charge on any atom is -0.319 e. The molecule has 6 heteroatoms. The lowest BCUT2D eigenvalue weighted by molar-refractivity contribution is -0.384. The van der Waals surface area contributed by atoms with Crippen LogP contribution < -0.4 is 5.32 Å². The molecule has 1 N–H and O–H groups in total. The molecule has 0 aliphatic carbocycles. The topological polar surface area (TPSA) is 68.1 Å². The molecule has 0 fully saturated rings. The number of likely N-dealkylation sites (N-methyl/N-ethyl adjacent to an activating group) is 1. The quantitative estimate of drug-likeness (QED) is 0.664. The van der Waals surface area contributed by atoms with E-state index in [9.17, 15) is 10.1 Å². The molecule has 0 unspecified atom stereocenters. The Morgan fingerprint density at radius 3 is 3.06 bits per heavy atom. The van der Waals surface area contributed by atoms with Gasteiger partial charge in [-0.05, 0) is 7.05 Å². The van der Waals surface area contributed by atoms with Gasteiger partial charge in [0.2, 0.25) is 0 Å². The van der Waals surface area contributed by atoms with Crippen LogP contribution in [-0.2, 0) is 6.42 Å². The summed E-state index contributed by atoms with van der Waals surface area (Å²) in [5, 5.41) is 16.7. The molecule has 0 spiro atoms. The van der Waals surface area contributed by atoms with Crippen molar-refractivity contribution in [2.45, 2.75) is 6.42 Å². The van der Waals surface area contributed by atoms with E-state index in [0.29, 0.717) is 0 Å². The van der Waals surface area contributed by atoms with Crippen LogP contribution in [0.3, 0.4) is 0 Å². The monoisotopic (exact) mass is 263 g/mol. The summed E-state index contributed by atoms with van der Waals surface area (Å²) in [5.41, 5.74) is 1.68. The summed E-state index contributed by atoms with van der Waals surface area (Å²) >= 11 is 1.58. The number of thiazole rings is 1. The number of hydrogen-bond acceptors (Lipinski definition) is 5. The summed E-state index contributed by atoms with van der Waals surface area (Å²) < 4.78 is 0. The van der Waals surface area contributed by atoms with Gasteiger partial charge in [0.15, 0.2) is 0 Å². The lowest BCUT2D eigenvalue weighted by atomic mass is 10.1. The van der Waals surface area contributed by atoms with Gasteiger partial charge in [-0.25, -0.2) is 4.98 Å². The second-order valence-electron chi connectivity index (χ2n) is 3.79. The molecule has 2 rings (SSSR count). The first kappa shape index (κ1) is 12.7. The predicted molar refractivity (Wildman–Crippen MR) is 71.8 cm³/mol. The summed E-state index contributed by atoms with van der Waals surface area (Å²) in [7, 11) is 1.90. The van der Waals surface area contributed by atoms with Crippen LogP contribution in [0.15, 0.2) is 29.6 Å². The highest BCUT2D eigenvalue weighted by Crippen LogP contribution is 2.25. The van der Waals surface area contributed by atoms with Crippen LogP contribution in [0.2, 0.25) is 0 Å². The van der Waals surface area contributed by atoms with Gasteiger partial charge in [0.05, 0.1) is 15.6 Å². The van der Waals surface area contributed by atoms with E-state index in [0.717, 1.165) is 29.2 Å². The van der Waals surface area contributed by atoms with Gasteiger partial charge in [-0.2, -0.15) is 0 Å². The highest BCUT2D eigenvalue weighted by Gasteiger charge is 2.09. The highest BCUT2D eigenvalue weighted by atomic mass is 32.1. The van der Waals surface area contributed by atoms with Crippen molar-refractivity contribution < 1.29 is 4.92 Å². The number of non-ortho nitro benzene ring substituents is 1. The zero-order valence-corrected chi connectivity index (χ0v) is 10.7. The third-order valence-electron chi connectivity index (χ3n) is 2.49. The molecule has 0 atom stereocenters. The molecule has 2 aromatic rings. The molecule has 0 aliphatic heterocycles. The maximum atomic E-state index is 10.7. The van der Waals surface area contributed by atoms with Crippen LogP contribution in [-0.4, -0.2) is 23.5 Å². The first-order valence-electron chi connectivity index (χ1n) is 5.54. The van der Waals surface area contributed by atoms with Gasteiger partial charge in [0.1, 0.15) is 0 Å². The fourth-order valence-corrected chi connectivity index (χ4v) is 2.38. The van der Waals surface area contributed by atoms with Gasteiger partial charge < -0.3 is 5.32 Å². The van der Waals surface area contributed by atoms with Gasteiger partial charge in [-0.1, -0.05) is 12.1 Å². The Hall–Kier alpha value is -1.79. The van der Waals surface area contributed by atoms with Crippen molar-refractivity contribution in [3.05, 3.63) is 44.8 Å². The molecule has 5 nitrogen and oxygen atoms in total. The Bertz CT molecular complexity index is 554. The van der Waals surface area contributed by atoms with Crippen molar-refractivity contribution in [3.8, 4) is 11.3 Å². The van der Waals surface area contributed by atoms with Crippen LogP contribution in [0.5, 0.6) is 0 Å². The third kappa shape index (κ3) is 2.91. The van der Waals surface area contributed by atoms with E-state index in [2.05, 4.69) is 10.3 Å². The van der Waals surface area contributed by atoms with Crippen molar-refractivity contribution in [1.82, 2.24) is 10.3 Å². The molecule has 1 aromatic carbocycles. The molecular weight excluding hydrogens is 250 g/mol. The first-order valence-corrected chi connectivity index (χ1v) is 6.42. The number of nitro groups is 1. The molecule has 0 bridgehead atoms. The zero-order chi connectivity index (χ0) is 13.0. The molecule has 0 radical (unpaired) electrons. The van der Waals surface area contributed by atoms with Crippen LogP contribution in [0, 0.1) is 10.1 Å². The molecule has 0 amide bonds. The van der Waals surface area contributed by atoms with E-state index >= 15 is 0 Å². The SMILES string of the molecule is CNCCc1nc(-c2cccc([N+](=O)[O-])c2)cs1. The van der Waals surface area contributed by atoms with E-state index in [1.54, 1.807) is 23.5 Å². The largest absolute Gasteiger partial charge is 0.319 e. The number of rotatable bonds is 5. The summed E-state index contributed by atoms with van der Waals surface area (Å²) in [6.45, 7) is 0.877.